The number of aryl methyl sites for hydroxylation is 1. The van der Waals surface area contributed by atoms with Gasteiger partial charge in [-0.3, -0.25) is 0 Å². The van der Waals surface area contributed by atoms with Gasteiger partial charge in [0.15, 0.2) is 11.8 Å². The number of nitrogens with zero attached hydrogens (tertiary/aromatic N) is 4. The average molecular weight is 492 g/mol. The molecule has 2 aliphatic rings. The Labute approximate surface area is 178 Å². The van der Waals surface area contributed by atoms with Crippen molar-refractivity contribution < 1.29 is 9.47 Å². The highest BCUT2D eigenvalue weighted by Gasteiger charge is 2.16. The smallest absolute Gasteiger partial charge is 0.191 e. The fourth-order valence-electron chi connectivity index (χ4n) is 3.35. The number of fused-ring (bicyclic) bond motifs is 1. The Morgan fingerprint density at radius 2 is 2.22 bits per heavy atom. The second kappa shape index (κ2) is 12.5. The lowest BCUT2D eigenvalue weighted by atomic mass is 10.2. The van der Waals surface area contributed by atoms with Crippen molar-refractivity contribution in [3.8, 4) is 0 Å². The molecule has 8 nitrogen and oxygen atoms in total. The normalized spacial score (nSPS) is 19.4. The average Bonchev–Trinajstić information content (AvgIpc) is 3.32. The highest BCUT2D eigenvalue weighted by molar-refractivity contribution is 14.0. The quantitative estimate of drug-likeness (QED) is 0.237. The van der Waals surface area contributed by atoms with Crippen LogP contribution >= 0.6 is 24.0 Å². The zero-order valence-electron chi connectivity index (χ0n) is 16.3. The minimum absolute atomic E-state index is 0. The van der Waals surface area contributed by atoms with Crippen LogP contribution in [0.5, 0.6) is 0 Å². The van der Waals surface area contributed by atoms with Crippen molar-refractivity contribution >= 4 is 29.9 Å². The molecule has 0 aromatic carbocycles. The molecule has 0 aliphatic carbocycles. The van der Waals surface area contributed by atoms with E-state index in [1.54, 1.807) is 0 Å². The molecule has 2 aliphatic heterocycles. The number of ether oxygens (including phenoxy) is 2. The summed E-state index contributed by atoms with van der Waals surface area (Å²) in [6.07, 6.45) is 6.97. The minimum atomic E-state index is 0. The van der Waals surface area contributed by atoms with Gasteiger partial charge in [-0.05, 0) is 39.0 Å². The number of hydrogen-bond acceptors (Lipinski definition) is 5. The van der Waals surface area contributed by atoms with Gasteiger partial charge in [0, 0.05) is 39.3 Å². The zero-order chi connectivity index (χ0) is 18.0. The molecular weight excluding hydrogens is 459 g/mol. The summed E-state index contributed by atoms with van der Waals surface area (Å²) in [6, 6.07) is 0. The van der Waals surface area contributed by atoms with E-state index in [1.165, 1.54) is 12.8 Å². The molecule has 3 rings (SSSR count). The van der Waals surface area contributed by atoms with Crippen LogP contribution in [-0.4, -0.2) is 59.7 Å². The van der Waals surface area contributed by atoms with Crippen LogP contribution in [0, 0.1) is 0 Å². The summed E-state index contributed by atoms with van der Waals surface area (Å²) in [5.74, 6) is 2.87. The maximum absolute atomic E-state index is 5.69. The van der Waals surface area contributed by atoms with Crippen molar-refractivity contribution in [3.05, 3.63) is 11.6 Å². The summed E-state index contributed by atoms with van der Waals surface area (Å²) in [5, 5.41) is 15.2. The maximum Gasteiger partial charge on any atom is 0.191 e. The molecule has 1 aromatic heterocycles. The van der Waals surface area contributed by atoms with Crippen molar-refractivity contribution in [2.45, 2.75) is 64.6 Å². The Kier molecular flexibility index (Phi) is 10.4. The molecule has 3 heterocycles. The summed E-state index contributed by atoms with van der Waals surface area (Å²) in [4.78, 5) is 4.66. The Morgan fingerprint density at radius 3 is 3.04 bits per heavy atom. The lowest BCUT2D eigenvalue weighted by Gasteiger charge is -2.15. The van der Waals surface area contributed by atoms with Gasteiger partial charge in [0.1, 0.15) is 12.4 Å². The lowest BCUT2D eigenvalue weighted by molar-refractivity contribution is 0.0168. The first-order chi connectivity index (χ1) is 12.9. The first kappa shape index (κ1) is 22.4. The van der Waals surface area contributed by atoms with Gasteiger partial charge in [0.25, 0.3) is 0 Å². The Morgan fingerprint density at radius 1 is 1.30 bits per heavy atom. The van der Waals surface area contributed by atoms with Crippen LogP contribution in [0.3, 0.4) is 0 Å². The number of halogens is 1. The van der Waals surface area contributed by atoms with Crippen LogP contribution in [0.1, 0.15) is 50.7 Å². The fourth-order valence-corrected chi connectivity index (χ4v) is 3.35. The van der Waals surface area contributed by atoms with E-state index < -0.39 is 0 Å². The monoisotopic (exact) mass is 492 g/mol. The number of guanidine groups is 1. The molecule has 1 aromatic rings. The van der Waals surface area contributed by atoms with Gasteiger partial charge >= 0.3 is 0 Å². The molecule has 0 radical (unpaired) electrons. The molecule has 0 spiro atoms. The van der Waals surface area contributed by atoms with Gasteiger partial charge in [-0.2, -0.15) is 0 Å². The predicted molar refractivity (Wildman–Crippen MR) is 116 cm³/mol. The molecule has 154 valence electrons. The van der Waals surface area contributed by atoms with Gasteiger partial charge < -0.3 is 24.7 Å². The topological polar surface area (TPSA) is 85.6 Å². The standard InChI is InChI=1S/C18H32N6O2.HI/c1-2-19-18(20-9-6-11-25-14-15-7-5-12-26-15)21-13-17-23-22-16-8-3-4-10-24(16)17;/h15H,2-14H2,1H3,(H2,19,20,21);1H. The molecule has 27 heavy (non-hydrogen) atoms. The molecule has 0 bridgehead atoms. The van der Waals surface area contributed by atoms with Crippen molar-refractivity contribution in [2.75, 3.05) is 32.9 Å². The summed E-state index contributed by atoms with van der Waals surface area (Å²) in [6.45, 7) is 7.63. The highest BCUT2D eigenvalue weighted by Crippen LogP contribution is 2.14. The van der Waals surface area contributed by atoms with E-state index in [0.29, 0.717) is 19.3 Å². The first-order valence-electron chi connectivity index (χ1n) is 9.99. The van der Waals surface area contributed by atoms with Crippen LogP contribution < -0.4 is 10.6 Å². The molecule has 1 fully saturated rings. The number of hydrogen-bond donors (Lipinski definition) is 2. The third-order valence-corrected chi connectivity index (χ3v) is 4.74. The molecule has 1 saturated heterocycles. The van der Waals surface area contributed by atoms with Crippen LogP contribution in [0.15, 0.2) is 4.99 Å². The maximum atomic E-state index is 5.69. The Hall–Kier alpha value is -0.940. The van der Waals surface area contributed by atoms with Crippen LogP contribution in [0.4, 0.5) is 0 Å². The Balaban J connectivity index is 0.00000261. The van der Waals surface area contributed by atoms with Crippen LogP contribution in [-0.2, 0) is 29.0 Å². The second-order valence-electron chi connectivity index (χ2n) is 6.83. The lowest BCUT2D eigenvalue weighted by Crippen LogP contribution is -2.38. The van der Waals surface area contributed by atoms with Crippen molar-refractivity contribution in [1.82, 2.24) is 25.4 Å². The number of aromatic nitrogens is 3. The summed E-state index contributed by atoms with van der Waals surface area (Å²) < 4.78 is 13.5. The summed E-state index contributed by atoms with van der Waals surface area (Å²) in [5.41, 5.74) is 0. The largest absolute Gasteiger partial charge is 0.379 e. The van der Waals surface area contributed by atoms with Gasteiger partial charge in [-0.1, -0.05) is 0 Å². The van der Waals surface area contributed by atoms with Crippen LogP contribution in [0.25, 0.3) is 0 Å². The molecule has 1 atom stereocenters. The second-order valence-corrected chi connectivity index (χ2v) is 6.83. The molecular formula is C18H33IN6O2. The van der Waals surface area contributed by atoms with Crippen molar-refractivity contribution in [2.24, 2.45) is 4.99 Å². The fraction of sp³-hybridized carbons (Fsp3) is 0.833. The minimum Gasteiger partial charge on any atom is -0.379 e. The number of rotatable bonds is 9. The van der Waals surface area contributed by atoms with E-state index in [2.05, 4.69) is 37.3 Å². The van der Waals surface area contributed by atoms with Crippen molar-refractivity contribution in [3.63, 3.8) is 0 Å². The summed E-state index contributed by atoms with van der Waals surface area (Å²) >= 11 is 0. The molecule has 2 N–H and O–H groups in total. The SMILES string of the molecule is CCNC(=NCc1nnc2n1CCCC2)NCCCOCC1CCCO1.I. The molecule has 9 heteroatoms. The first-order valence-corrected chi connectivity index (χ1v) is 9.99. The third-order valence-electron chi connectivity index (χ3n) is 4.74. The van der Waals surface area contributed by atoms with E-state index in [4.69, 9.17) is 9.47 Å². The van der Waals surface area contributed by atoms with Gasteiger partial charge in [0.2, 0.25) is 0 Å². The van der Waals surface area contributed by atoms with Gasteiger partial charge in [-0.25, -0.2) is 4.99 Å². The summed E-state index contributed by atoms with van der Waals surface area (Å²) in [7, 11) is 0. The molecule has 1 unspecified atom stereocenters. The van der Waals surface area contributed by atoms with Crippen molar-refractivity contribution in [1.29, 1.82) is 0 Å². The van der Waals surface area contributed by atoms with Crippen LogP contribution in [0.2, 0.25) is 0 Å². The van der Waals surface area contributed by atoms with E-state index >= 15 is 0 Å². The van der Waals surface area contributed by atoms with E-state index in [0.717, 1.165) is 76.1 Å². The van der Waals surface area contributed by atoms with E-state index in [9.17, 15) is 0 Å². The highest BCUT2D eigenvalue weighted by atomic mass is 127. The zero-order valence-corrected chi connectivity index (χ0v) is 18.6. The third kappa shape index (κ3) is 7.19. The molecule has 0 amide bonds. The number of aliphatic imine (C=N–C) groups is 1. The molecule has 0 saturated carbocycles. The Bertz CT molecular complexity index is 574. The van der Waals surface area contributed by atoms with E-state index in [-0.39, 0.29) is 24.0 Å². The predicted octanol–water partition coefficient (Wildman–Crippen LogP) is 1.87. The van der Waals surface area contributed by atoms with Gasteiger partial charge in [-0.15, -0.1) is 34.2 Å². The van der Waals surface area contributed by atoms with Gasteiger partial charge in [0.05, 0.1) is 12.7 Å². The van der Waals surface area contributed by atoms with E-state index in [1.807, 2.05) is 0 Å². The number of nitrogens with one attached hydrogen (secondary N) is 2.